The smallest absolute Gasteiger partial charge is 0.266 e. The molecule has 0 aliphatic heterocycles. The van der Waals surface area contributed by atoms with Crippen molar-refractivity contribution in [1.82, 2.24) is 9.99 Å². The first-order valence-corrected chi connectivity index (χ1v) is 6.82. The fourth-order valence-electron chi connectivity index (χ4n) is 1.99. The zero-order valence-corrected chi connectivity index (χ0v) is 12.0. The molecule has 118 valence electrons. The standard InChI is InChI=1S/C15H20N4O3/c16-9-13(20)10-19(17)15(21,22)12-6-4-11(5-7-12)14-3-1-2-8-18-14/h1-8,13,20-22H,9-10,16-17H2. The molecule has 22 heavy (non-hydrogen) atoms. The van der Waals surface area contributed by atoms with Gasteiger partial charge >= 0.3 is 0 Å². The van der Waals surface area contributed by atoms with E-state index in [-0.39, 0.29) is 18.7 Å². The summed E-state index contributed by atoms with van der Waals surface area (Å²) in [5.41, 5.74) is 7.08. The molecule has 0 spiro atoms. The van der Waals surface area contributed by atoms with Crippen LogP contribution in [0.15, 0.2) is 48.7 Å². The molecule has 1 unspecified atom stereocenters. The highest BCUT2D eigenvalue weighted by Crippen LogP contribution is 2.24. The zero-order chi connectivity index (χ0) is 16.2. The Morgan fingerprint density at radius 2 is 1.82 bits per heavy atom. The molecule has 1 aromatic carbocycles. The van der Waals surface area contributed by atoms with Crippen molar-refractivity contribution >= 4 is 0 Å². The van der Waals surface area contributed by atoms with Crippen LogP contribution in [-0.2, 0) is 5.91 Å². The van der Waals surface area contributed by atoms with E-state index in [9.17, 15) is 15.3 Å². The first-order chi connectivity index (χ1) is 10.4. The average molecular weight is 304 g/mol. The molecule has 0 aliphatic carbocycles. The first-order valence-electron chi connectivity index (χ1n) is 6.82. The summed E-state index contributed by atoms with van der Waals surface area (Å²) in [4.78, 5) is 4.22. The lowest BCUT2D eigenvalue weighted by Gasteiger charge is -2.32. The molecule has 7 N–H and O–H groups in total. The fraction of sp³-hybridized carbons (Fsp3) is 0.267. The Morgan fingerprint density at radius 3 is 2.36 bits per heavy atom. The summed E-state index contributed by atoms with van der Waals surface area (Å²) >= 11 is 0. The van der Waals surface area contributed by atoms with Gasteiger partial charge in [-0.05, 0) is 12.1 Å². The molecule has 0 bridgehead atoms. The van der Waals surface area contributed by atoms with E-state index in [1.165, 1.54) is 0 Å². The second-order valence-electron chi connectivity index (χ2n) is 4.97. The maximum absolute atomic E-state index is 10.1. The van der Waals surface area contributed by atoms with Crippen LogP contribution in [0.2, 0.25) is 0 Å². The Labute approximate surface area is 128 Å². The maximum Gasteiger partial charge on any atom is 0.266 e. The highest BCUT2D eigenvalue weighted by molar-refractivity contribution is 5.59. The van der Waals surface area contributed by atoms with Crippen LogP contribution < -0.4 is 11.6 Å². The Hall–Kier alpha value is -1.87. The molecule has 0 amide bonds. The Bertz CT molecular complexity index is 589. The van der Waals surface area contributed by atoms with Gasteiger partial charge in [-0.2, -0.15) is 5.01 Å². The largest absolute Gasteiger partial charge is 0.390 e. The maximum atomic E-state index is 10.1. The average Bonchev–Trinajstić information content (AvgIpc) is 2.55. The molecular formula is C15H20N4O3. The van der Waals surface area contributed by atoms with Gasteiger partial charge in [0, 0.05) is 30.4 Å². The van der Waals surface area contributed by atoms with Gasteiger partial charge in [0.05, 0.1) is 11.8 Å². The number of hydrogen-bond donors (Lipinski definition) is 5. The number of nitrogens with zero attached hydrogens (tertiary/aromatic N) is 2. The lowest BCUT2D eigenvalue weighted by Crippen LogP contribution is -2.54. The van der Waals surface area contributed by atoms with Crippen LogP contribution in [-0.4, -0.2) is 44.5 Å². The van der Waals surface area contributed by atoms with E-state index in [0.29, 0.717) is 0 Å². The Morgan fingerprint density at radius 1 is 1.14 bits per heavy atom. The number of hydrazine groups is 1. The molecule has 7 heteroatoms. The van der Waals surface area contributed by atoms with Crippen molar-refractivity contribution in [2.75, 3.05) is 13.1 Å². The third-order valence-electron chi connectivity index (χ3n) is 3.31. The minimum atomic E-state index is -2.40. The van der Waals surface area contributed by atoms with Crippen LogP contribution in [0.4, 0.5) is 0 Å². The highest BCUT2D eigenvalue weighted by Gasteiger charge is 2.33. The monoisotopic (exact) mass is 304 g/mol. The summed E-state index contributed by atoms with van der Waals surface area (Å²) in [6.45, 7) is -0.201. The highest BCUT2D eigenvalue weighted by atomic mass is 16.5. The molecule has 1 aromatic heterocycles. The molecule has 7 nitrogen and oxygen atoms in total. The van der Waals surface area contributed by atoms with Gasteiger partial charge in [-0.3, -0.25) is 10.8 Å². The molecule has 2 aromatic rings. The number of pyridine rings is 1. The SMILES string of the molecule is NCC(O)CN(N)C(O)(O)c1ccc(-c2ccccn2)cc1. The van der Waals surface area contributed by atoms with E-state index in [1.807, 2.05) is 18.2 Å². The van der Waals surface area contributed by atoms with Crippen LogP contribution >= 0.6 is 0 Å². The van der Waals surface area contributed by atoms with Crippen molar-refractivity contribution < 1.29 is 15.3 Å². The zero-order valence-electron chi connectivity index (χ0n) is 12.0. The quantitative estimate of drug-likeness (QED) is 0.272. The summed E-state index contributed by atoms with van der Waals surface area (Å²) in [5, 5.41) is 30.5. The molecule has 2 rings (SSSR count). The van der Waals surface area contributed by atoms with Crippen LogP contribution in [0.25, 0.3) is 11.3 Å². The van der Waals surface area contributed by atoms with Gasteiger partial charge in [-0.15, -0.1) is 0 Å². The summed E-state index contributed by atoms with van der Waals surface area (Å²) in [6.07, 6.45) is 0.734. The van der Waals surface area contributed by atoms with Gasteiger partial charge in [0.25, 0.3) is 5.91 Å². The number of benzene rings is 1. The number of hydrogen-bond acceptors (Lipinski definition) is 7. The molecule has 0 saturated heterocycles. The lowest BCUT2D eigenvalue weighted by atomic mass is 10.1. The predicted molar refractivity (Wildman–Crippen MR) is 81.7 cm³/mol. The minimum Gasteiger partial charge on any atom is -0.390 e. The van der Waals surface area contributed by atoms with Gasteiger partial charge in [0.1, 0.15) is 0 Å². The first kappa shape index (κ1) is 16.5. The second-order valence-corrected chi connectivity index (χ2v) is 4.97. The van der Waals surface area contributed by atoms with Crippen molar-refractivity contribution in [3.05, 3.63) is 54.2 Å². The van der Waals surface area contributed by atoms with Gasteiger partial charge in [-0.1, -0.05) is 30.3 Å². The van der Waals surface area contributed by atoms with Crippen molar-refractivity contribution in [3.8, 4) is 11.3 Å². The summed E-state index contributed by atoms with van der Waals surface area (Å²) in [5.74, 6) is 3.21. The summed E-state index contributed by atoms with van der Waals surface area (Å²) in [6, 6.07) is 12.1. The second kappa shape index (κ2) is 6.93. The van der Waals surface area contributed by atoms with Crippen molar-refractivity contribution in [3.63, 3.8) is 0 Å². The summed E-state index contributed by atoms with van der Waals surface area (Å²) < 4.78 is 0. The van der Waals surface area contributed by atoms with Gasteiger partial charge in [-0.25, -0.2) is 0 Å². The third kappa shape index (κ3) is 3.66. The topological polar surface area (TPSA) is 129 Å². The van der Waals surface area contributed by atoms with Gasteiger partial charge < -0.3 is 21.1 Å². The van der Waals surface area contributed by atoms with Crippen molar-refractivity contribution in [1.29, 1.82) is 0 Å². The van der Waals surface area contributed by atoms with E-state index >= 15 is 0 Å². The predicted octanol–water partition coefficient (Wildman–Crippen LogP) is -0.661. The fourth-order valence-corrected chi connectivity index (χ4v) is 1.99. The van der Waals surface area contributed by atoms with Gasteiger partial charge in [0.2, 0.25) is 0 Å². The molecule has 0 fully saturated rings. The molecular weight excluding hydrogens is 284 g/mol. The normalized spacial score (nSPS) is 13.4. The number of aromatic nitrogens is 1. The van der Waals surface area contributed by atoms with Crippen LogP contribution in [0.5, 0.6) is 0 Å². The minimum absolute atomic E-state index is 0.0254. The van der Waals surface area contributed by atoms with E-state index in [1.54, 1.807) is 30.5 Å². The molecule has 0 radical (unpaired) electrons. The molecule has 1 heterocycles. The van der Waals surface area contributed by atoms with Gasteiger partial charge in [0.15, 0.2) is 0 Å². The van der Waals surface area contributed by atoms with Crippen LogP contribution in [0.3, 0.4) is 0 Å². The third-order valence-corrected chi connectivity index (χ3v) is 3.31. The number of rotatable bonds is 6. The Kier molecular flexibility index (Phi) is 5.19. The molecule has 0 saturated carbocycles. The Balaban J connectivity index is 2.18. The van der Waals surface area contributed by atoms with E-state index < -0.39 is 12.0 Å². The summed E-state index contributed by atoms with van der Waals surface area (Å²) in [7, 11) is 0. The number of aliphatic hydroxyl groups is 3. The van der Waals surface area contributed by atoms with Crippen LogP contribution in [0.1, 0.15) is 5.56 Å². The van der Waals surface area contributed by atoms with E-state index in [2.05, 4.69) is 4.98 Å². The van der Waals surface area contributed by atoms with E-state index in [4.69, 9.17) is 11.6 Å². The van der Waals surface area contributed by atoms with Crippen molar-refractivity contribution in [2.24, 2.45) is 11.6 Å². The lowest BCUT2D eigenvalue weighted by molar-refractivity contribution is -0.281. The van der Waals surface area contributed by atoms with E-state index in [0.717, 1.165) is 16.3 Å². The number of aliphatic hydroxyl groups excluding tert-OH is 1. The number of nitrogens with two attached hydrogens (primary N) is 2. The van der Waals surface area contributed by atoms with Crippen LogP contribution in [0, 0.1) is 0 Å². The molecule has 1 atom stereocenters. The van der Waals surface area contributed by atoms with Crippen molar-refractivity contribution in [2.45, 2.75) is 12.0 Å². The molecule has 0 aliphatic rings.